The maximum atomic E-state index is 12.6. The van der Waals surface area contributed by atoms with Gasteiger partial charge in [-0.15, -0.1) is 0 Å². The van der Waals surface area contributed by atoms with Crippen molar-refractivity contribution >= 4 is 38.2 Å². The maximum Gasteiger partial charge on any atom is 0.321 e. The third-order valence-electron chi connectivity index (χ3n) is 5.93. The minimum atomic E-state index is -3.35. The fourth-order valence-corrected chi connectivity index (χ4v) is 4.88. The molecule has 0 atom stereocenters. The van der Waals surface area contributed by atoms with Gasteiger partial charge in [-0.2, -0.15) is 0 Å². The van der Waals surface area contributed by atoms with Gasteiger partial charge >= 0.3 is 6.03 Å². The van der Waals surface area contributed by atoms with Crippen molar-refractivity contribution in [1.82, 2.24) is 5.32 Å². The number of anilines is 2. The predicted molar refractivity (Wildman–Crippen MR) is 138 cm³/mol. The Bertz CT molecular complexity index is 1360. The third-order valence-corrected chi connectivity index (χ3v) is 6.54. The summed E-state index contributed by atoms with van der Waals surface area (Å²) in [5, 5.41) is 4.81. The van der Waals surface area contributed by atoms with Crippen LogP contribution < -0.4 is 19.7 Å². The third kappa shape index (κ3) is 4.97. The number of nitrogens with one attached hydrogen (secondary N) is 2. The highest BCUT2D eigenvalue weighted by Crippen LogP contribution is 2.43. The van der Waals surface area contributed by atoms with Crippen LogP contribution in [-0.4, -0.2) is 40.9 Å². The first-order valence-corrected chi connectivity index (χ1v) is 13.2. The van der Waals surface area contributed by atoms with Gasteiger partial charge in [0.1, 0.15) is 5.75 Å². The van der Waals surface area contributed by atoms with Crippen LogP contribution in [-0.2, 0) is 15.4 Å². The molecule has 8 heteroatoms. The molecule has 34 heavy (non-hydrogen) atoms. The lowest BCUT2D eigenvalue weighted by Gasteiger charge is -2.31. The molecular weight excluding hydrogens is 450 g/mol. The molecule has 3 aromatic carbocycles. The van der Waals surface area contributed by atoms with Crippen LogP contribution in [0.2, 0.25) is 0 Å². The zero-order chi connectivity index (χ0) is 24.7. The van der Waals surface area contributed by atoms with Gasteiger partial charge < -0.3 is 10.1 Å². The van der Waals surface area contributed by atoms with Gasteiger partial charge in [0.05, 0.1) is 13.4 Å². The quantitative estimate of drug-likeness (QED) is 0.530. The molecule has 1 fully saturated rings. The Morgan fingerprint density at radius 3 is 2.38 bits per heavy atom. The van der Waals surface area contributed by atoms with Crippen molar-refractivity contribution in [3.8, 4) is 16.9 Å². The van der Waals surface area contributed by atoms with Crippen LogP contribution in [0, 0.1) is 0 Å². The number of carbonyl (C=O) groups is 1. The molecule has 0 bridgehead atoms. The van der Waals surface area contributed by atoms with E-state index in [9.17, 15) is 13.2 Å². The number of rotatable bonds is 5. The number of urea groups is 1. The molecule has 0 unspecified atom stereocenters. The highest BCUT2D eigenvalue weighted by Gasteiger charge is 2.27. The van der Waals surface area contributed by atoms with E-state index in [2.05, 4.69) is 42.9 Å². The van der Waals surface area contributed by atoms with E-state index in [0.29, 0.717) is 18.8 Å². The topological polar surface area (TPSA) is 87.7 Å². The molecule has 0 radical (unpaired) electrons. The molecule has 1 aliphatic heterocycles. The van der Waals surface area contributed by atoms with Gasteiger partial charge in [-0.25, -0.2) is 13.2 Å². The lowest BCUT2D eigenvalue weighted by atomic mass is 9.83. The van der Waals surface area contributed by atoms with Gasteiger partial charge in [0.15, 0.2) is 0 Å². The van der Waals surface area contributed by atoms with Crippen LogP contribution in [0.4, 0.5) is 16.2 Å². The molecule has 0 aliphatic carbocycles. The van der Waals surface area contributed by atoms with Gasteiger partial charge in [-0.05, 0) is 58.5 Å². The van der Waals surface area contributed by atoms with Crippen LogP contribution in [0.25, 0.3) is 21.9 Å². The lowest BCUT2D eigenvalue weighted by molar-refractivity contribution is 0.243. The predicted octanol–water partition coefficient (Wildman–Crippen LogP) is 5.10. The van der Waals surface area contributed by atoms with E-state index >= 15 is 0 Å². The standard InChI is InChI=1S/C26H31N3O4S/c1-26(2,3)23-16-21(29-12-6-11-27-25(29)30)15-22(24(23)33-4)19-8-7-18-14-20(28-34(5,31)32)10-9-17(18)13-19/h7-10,13-16,28H,6,11-12H2,1-5H3,(H,27,30). The Morgan fingerprint density at radius 2 is 1.74 bits per heavy atom. The highest BCUT2D eigenvalue weighted by molar-refractivity contribution is 7.92. The number of hydrogen-bond acceptors (Lipinski definition) is 4. The summed E-state index contributed by atoms with van der Waals surface area (Å²) in [6.07, 6.45) is 2.02. The Kier molecular flexibility index (Phi) is 6.20. The number of benzene rings is 3. The molecule has 180 valence electrons. The van der Waals surface area contributed by atoms with E-state index in [1.165, 1.54) is 0 Å². The molecule has 0 spiro atoms. The summed E-state index contributed by atoms with van der Waals surface area (Å²) in [6, 6.07) is 15.5. The van der Waals surface area contributed by atoms with Crippen molar-refractivity contribution < 1.29 is 17.9 Å². The SMILES string of the molecule is COc1c(-c2ccc3cc(NS(C)(=O)=O)ccc3c2)cc(N2CCCNC2=O)cc1C(C)(C)C. The molecule has 7 nitrogen and oxygen atoms in total. The molecule has 0 aromatic heterocycles. The average molecular weight is 482 g/mol. The van der Waals surface area contributed by atoms with Crippen LogP contribution in [0.3, 0.4) is 0 Å². The lowest BCUT2D eigenvalue weighted by Crippen LogP contribution is -2.46. The van der Waals surface area contributed by atoms with Crippen LogP contribution in [0.5, 0.6) is 5.75 Å². The van der Waals surface area contributed by atoms with E-state index in [0.717, 1.165) is 51.6 Å². The largest absolute Gasteiger partial charge is 0.496 e. The Hall–Kier alpha value is -3.26. The molecule has 1 aliphatic rings. The summed E-state index contributed by atoms with van der Waals surface area (Å²) < 4.78 is 31.6. The maximum absolute atomic E-state index is 12.6. The zero-order valence-electron chi connectivity index (χ0n) is 20.2. The summed E-state index contributed by atoms with van der Waals surface area (Å²) in [5.41, 5.74) is 4.04. The van der Waals surface area contributed by atoms with Crippen LogP contribution in [0.15, 0.2) is 48.5 Å². The Morgan fingerprint density at radius 1 is 1.03 bits per heavy atom. The first-order valence-electron chi connectivity index (χ1n) is 11.3. The second kappa shape index (κ2) is 8.83. The molecule has 1 heterocycles. The zero-order valence-corrected chi connectivity index (χ0v) is 21.0. The van der Waals surface area contributed by atoms with Gasteiger partial charge in [-0.1, -0.05) is 39.0 Å². The normalized spacial score (nSPS) is 14.7. The molecular formula is C26H31N3O4S. The van der Waals surface area contributed by atoms with Gasteiger partial charge in [0.25, 0.3) is 0 Å². The molecule has 4 rings (SSSR count). The number of nitrogens with zero attached hydrogens (tertiary/aromatic N) is 1. The van der Waals surface area contributed by atoms with Crippen molar-refractivity contribution in [1.29, 1.82) is 0 Å². The molecule has 3 aromatic rings. The number of hydrogen-bond donors (Lipinski definition) is 2. The fourth-order valence-electron chi connectivity index (χ4n) is 4.33. The summed E-state index contributed by atoms with van der Waals surface area (Å²) >= 11 is 0. The van der Waals surface area contributed by atoms with E-state index < -0.39 is 10.0 Å². The van der Waals surface area contributed by atoms with Crippen molar-refractivity contribution in [2.24, 2.45) is 0 Å². The summed E-state index contributed by atoms with van der Waals surface area (Å²) in [7, 11) is -1.68. The number of methoxy groups -OCH3 is 1. The first kappa shape index (κ1) is 23.9. The van der Waals surface area contributed by atoms with Gasteiger partial charge in [-0.3, -0.25) is 9.62 Å². The molecule has 0 saturated carbocycles. The first-order chi connectivity index (χ1) is 16.0. The van der Waals surface area contributed by atoms with E-state index in [4.69, 9.17) is 4.74 Å². The highest BCUT2D eigenvalue weighted by atomic mass is 32.2. The second-order valence-corrected chi connectivity index (χ2v) is 11.5. The Balaban J connectivity index is 1.87. The van der Waals surface area contributed by atoms with Gasteiger partial charge in [0, 0.05) is 35.6 Å². The van der Waals surface area contributed by atoms with Crippen molar-refractivity contribution in [3.63, 3.8) is 0 Å². The number of sulfonamides is 1. The fraction of sp³-hybridized carbons (Fsp3) is 0.346. The monoisotopic (exact) mass is 481 g/mol. The average Bonchev–Trinajstić information content (AvgIpc) is 2.76. The van der Waals surface area contributed by atoms with Gasteiger partial charge in [0.2, 0.25) is 10.0 Å². The summed E-state index contributed by atoms with van der Waals surface area (Å²) in [4.78, 5) is 14.4. The van der Waals surface area contributed by atoms with Crippen molar-refractivity contribution in [2.45, 2.75) is 32.6 Å². The minimum absolute atomic E-state index is 0.0911. The molecule has 2 N–H and O–H groups in total. The van der Waals surface area contributed by atoms with Crippen LogP contribution in [0.1, 0.15) is 32.8 Å². The summed E-state index contributed by atoms with van der Waals surface area (Å²) in [5.74, 6) is 0.781. The van der Waals surface area contributed by atoms with Crippen molar-refractivity contribution in [2.75, 3.05) is 36.1 Å². The number of ether oxygens (including phenoxy) is 1. The van der Waals surface area contributed by atoms with Crippen LogP contribution >= 0.6 is 0 Å². The number of amides is 2. The van der Waals surface area contributed by atoms with E-state index in [1.807, 2.05) is 30.3 Å². The smallest absolute Gasteiger partial charge is 0.321 e. The second-order valence-electron chi connectivity index (χ2n) is 9.71. The summed E-state index contributed by atoms with van der Waals surface area (Å²) in [6.45, 7) is 7.74. The van der Waals surface area contributed by atoms with E-state index in [-0.39, 0.29) is 11.4 Å². The van der Waals surface area contributed by atoms with E-state index in [1.54, 1.807) is 18.1 Å². The van der Waals surface area contributed by atoms with Crippen molar-refractivity contribution in [3.05, 3.63) is 54.1 Å². The minimum Gasteiger partial charge on any atom is -0.496 e. The number of fused-ring (bicyclic) bond motifs is 1. The molecule has 2 amide bonds. The number of carbonyl (C=O) groups excluding carboxylic acids is 1. The Labute approximate surface area is 201 Å². The molecule has 1 saturated heterocycles.